The number of aliphatic hydroxyl groups excluding tert-OH is 1. The summed E-state index contributed by atoms with van der Waals surface area (Å²) < 4.78 is 0. The van der Waals surface area contributed by atoms with Crippen LogP contribution in [0.4, 0.5) is 0 Å². The lowest BCUT2D eigenvalue weighted by atomic mass is 9.96. The Bertz CT molecular complexity index is 257. The molecule has 1 saturated carbocycles. The van der Waals surface area contributed by atoms with E-state index in [-0.39, 0.29) is 12.5 Å². The van der Waals surface area contributed by atoms with Crippen molar-refractivity contribution in [2.24, 2.45) is 11.8 Å². The predicted octanol–water partition coefficient (Wildman–Crippen LogP) is 0.997. The van der Waals surface area contributed by atoms with Crippen LogP contribution in [0.2, 0.25) is 0 Å². The zero-order valence-electron chi connectivity index (χ0n) is 11.2. The number of nitrogens with zero attached hydrogens (tertiary/aromatic N) is 1. The van der Waals surface area contributed by atoms with E-state index in [1.54, 1.807) is 0 Å². The van der Waals surface area contributed by atoms with Gasteiger partial charge in [0.05, 0.1) is 6.61 Å². The highest BCUT2D eigenvalue weighted by atomic mass is 16.3. The first-order chi connectivity index (χ1) is 8.79. The van der Waals surface area contributed by atoms with E-state index in [0.717, 1.165) is 51.9 Å². The topological polar surface area (TPSA) is 52.6 Å². The maximum absolute atomic E-state index is 11.9. The van der Waals surface area contributed by atoms with Crippen LogP contribution in [0.1, 0.15) is 38.5 Å². The minimum atomic E-state index is 0.253. The van der Waals surface area contributed by atoms with Gasteiger partial charge in [-0.25, -0.2) is 0 Å². The van der Waals surface area contributed by atoms with Gasteiger partial charge in [0.25, 0.3) is 0 Å². The molecule has 18 heavy (non-hydrogen) atoms. The Labute approximate surface area is 110 Å². The number of nitrogens with one attached hydrogen (secondary N) is 1. The fourth-order valence-corrected chi connectivity index (χ4v) is 3.13. The normalized spacial score (nSPS) is 23.4. The third-order valence-corrected chi connectivity index (χ3v) is 4.41. The average Bonchev–Trinajstić information content (AvgIpc) is 2.92. The van der Waals surface area contributed by atoms with E-state index in [0.29, 0.717) is 11.8 Å². The zero-order chi connectivity index (χ0) is 12.8. The number of hydrogen-bond donors (Lipinski definition) is 2. The van der Waals surface area contributed by atoms with Crippen molar-refractivity contribution in [3.8, 4) is 0 Å². The number of rotatable bonds is 5. The predicted molar refractivity (Wildman–Crippen MR) is 71.2 cm³/mol. The van der Waals surface area contributed by atoms with Crippen LogP contribution in [0, 0.1) is 11.8 Å². The minimum Gasteiger partial charge on any atom is -0.395 e. The summed E-state index contributed by atoms with van der Waals surface area (Å²) in [6.07, 6.45) is 6.90. The fraction of sp³-hybridized carbons (Fsp3) is 0.929. The van der Waals surface area contributed by atoms with E-state index in [2.05, 4.69) is 10.2 Å². The molecular weight excluding hydrogens is 228 g/mol. The number of aliphatic hydroxyl groups is 1. The number of amides is 1. The maximum atomic E-state index is 11.9. The summed E-state index contributed by atoms with van der Waals surface area (Å²) >= 11 is 0. The number of likely N-dealkylation sites (tertiary alicyclic amines) is 1. The van der Waals surface area contributed by atoms with Crippen LogP contribution >= 0.6 is 0 Å². The summed E-state index contributed by atoms with van der Waals surface area (Å²) in [5, 5.41) is 12.0. The first kappa shape index (κ1) is 13.8. The summed E-state index contributed by atoms with van der Waals surface area (Å²) in [5.41, 5.74) is 0. The van der Waals surface area contributed by atoms with E-state index >= 15 is 0 Å². The molecule has 104 valence electrons. The zero-order valence-corrected chi connectivity index (χ0v) is 11.2. The Kier molecular flexibility index (Phi) is 5.45. The molecule has 0 aromatic rings. The first-order valence-corrected chi connectivity index (χ1v) is 7.40. The largest absolute Gasteiger partial charge is 0.395 e. The molecule has 4 heteroatoms. The molecule has 0 bridgehead atoms. The number of β-amino-alcohol motifs (C(OH)–C–C–N with tert-alkyl or cyclic N) is 1. The average molecular weight is 254 g/mol. The molecule has 1 aliphatic carbocycles. The van der Waals surface area contributed by atoms with E-state index in [4.69, 9.17) is 5.11 Å². The van der Waals surface area contributed by atoms with Crippen molar-refractivity contribution in [3.05, 3.63) is 0 Å². The molecule has 0 aromatic carbocycles. The molecule has 0 aromatic heterocycles. The Balaban J connectivity index is 1.61. The first-order valence-electron chi connectivity index (χ1n) is 7.40. The molecule has 0 atom stereocenters. The standard InChI is InChI=1S/C14H26N2O2/c17-10-9-16-7-5-12(6-8-16)11-15-14(18)13-3-1-2-4-13/h12-13,17H,1-11H2,(H,15,18). The molecule has 2 rings (SSSR count). The summed E-state index contributed by atoms with van der Waals surface area (Å²) in [4.78, 5) is 14.2. The van der Waals surface area contributed by atoms with Crippen LogP contribution in [0.5, 0.6) is 0 Å². The van der Waals surface area contributed by atoms with Crippen molar-refractivity contribution in [1.82, 2.24) is 10.2 Å². The van der Waals surface area contributed by atoms with Crippen molar-refractivity contribution in [1.29, 1.82) is 0 Å². The maximum Gasteiger partial charge on any atom is 0.223 e. The van der Waals surface area contributed by atoms with Gasteiger partial charge >= 0.3 is 0 Å². The quantitative estimate of drug-likeness (QED) is 0.769. The van der Waals surface area contributed by atoms with Gasteiger partial charge in [0, 0.05) is 19.0 Å². The molecule has 0 unspecified atom stereocenters. The molecule has 2 fully saturated rings. The van der Waals surface area contributed by atoms with Crippen molar-refractivity contribution >= 4 is 5.91 Å². The molecule has 1 amide bonds. The third kappa shape index (κ3) is 3.95. The van der Waals surface area contributed by atoms with Gasteiger partial charge in [-0.3, -0.25) is 4.79 Å². The van der Waals surface area contributed by atoms with Crippen LogP contribution in [0.3, 0.4) is 0 Å². The second kappa shape index (κ2) is 7.10. The highest BCUT2D eigenvalue weighted by molar-refractivity contribution is 5.78. The Hall–Kier alpha value is -0.610. The second-order valence-electron chi connectivity index (χ2n) is 5.74. The monoisotopic (exact) mass is 254 g/mol. The van der Waals surface area contributed by atoms with Crippen molar-refractivity contribution < 1.29 is 9.90 Å². The lowest BCUT2D eigenvalue weighted by molar-refractivity contribution is -0.125. The molecule has 2 N–H and O–H groups in total. The highest BCUT2D eigenvalue weighted by Gasteiger charge is 2.24. The van der Waals surface area contributed by atoms with Crippen LogP contribution in [0.15, 0.2) is 0 Å². The molecular formula is C14H26N2O2. The second-order valence-corrected chi connectivity index (χ2v) is 5.74. The van der Waals surface area contributed by atoms with Gasteiger partial charge in [-0.2, -0.15) is 0 Å². The van der Waals surface area contributed by atoms with Crippen molar-refractivity contribution in [3.63, 3.8) is 0 Å². The van der Waals surface area contributed by atoms with Gasteiger partial charge in [0.2, 0.25) is 5.91 Å². The van der Waals surface area contributed by atoms with Gasteiger partial charge in [0.15, 0.2) is 0 Å². The summed E-state index contributed by atoms with van der Waals surface area (Å²) in [5.74, 6) is 1.20. The molecule has 1 aliphatic heterocycles. The number of carbonyl (C=O) groups excluding carboxylic acids is 1. The minimum absolute atomic E-state index is 0.253. The summed E-state index contributed by atoms with van der Waals surface area (Å²) in [6, 6.07) is 0. The number of hydrogen-bond acceptors (Lipinski definition) is 3. The van der Waals surface area contributed by atoms with E-state index in [9.17, 15) is 4.79 Å². The number of piperidine rings is 1. The van der Waals surface area contributed by atoms with Crippen LogP contribution < -0.4 is 5.32 Å². The Morgan fingerprint density at radius 2 is 1.83 bits per heavy atom. The van der Waals surface area contributed by atoms with E-state index in [1.165, 1.54) is 12.8 Å². The SMILES string of the molecule is O=C(NCC1CCN(CCO)CC1)C1CCCC1. The number of carbonyl (C=O) groups is 1. The van der Waals surface area contributed by atoms with E-state index < -0.39 is 0 Å². The van der Waals surface area contributed by atoms with Gasteiger partial charge in [-0.1, -0.05) is 12.8 Å². The van der Waals surface area contributed by atoms with Gasteiger partial charge in [0.1, 0.15) is 0 Å². The van der Waals surface area contributed by atoms with Gasteiger partial charge < -0.3 is 15.3 Å². The van der Waals surface area contributed by atoms with E-state index in [1.807, 2.05) is 0 Å². The third-order valence-electron chi connectivity index (χ3n) is 4.41. The lowest BCUT2D eigenvalue weighted by Crippen LogP contribution is -2.40. The lowest BCUT2D eigenvalue weighted by Gasteiger charge is -2.31. The van der Waals surface area contributed by atoms with Crippen LogP contribution in [0.25, 0.3) is 0 Å². The molecule has 2 aliphatic rings. The van der Waals surface area contributed by atoms with Gasteiger partial charge in [-0.05, 0) is 44.7 Å². The van der Waals surface area contributed by atoms with Crippen LogP contribution in [-0.2, 0) is 4.79 Å². The molecule has 1 saturated heterocycles. The molecule has 1 heterocycles. The summed E-state index contributed by atoms with van der Waals surface area (Å²) in [6.45, 7) is 4.02. The van der Waals surface area contributed by atoms with Crippen molar-refractivity contribution in [2.75, 3.05) is 32.8 Å². The Morgan fingerprint density at radius 3 is 2.44 bits per heavy atom. The van der Waals surface area contributed by atoms with Crippen LogP contribution in [-0.4, -0.2) is 48.7 Å². The molecule has 4 nitrogen and oxygen atoms in total. The Morgan fingerprint density at radius 1 is 1.17 bits per heavy atom. The molecule has 0 spiro atoms. The smallest absolute Gasteiger partial charge is 0.223 e. The fourth-order valence-electron chi connectivity index (χ4n) is 3.13. The highest BCUT2D eigenvalue weighted by Crippen LogP contribution is 2.25. The van der Waals surface area contributed by atoms with Crippen molar-refractivity contribution in [2.45, 2.75) is 38.5 Å². The summed E-state index contributed by atoms with van der Waals surface area (Å²) in [7, 11) is 0. The molecule has 0 radical (unpaired) electrons. The van der Waals surface area contributed by atoms with Gasteiger partial charge in [-0.15, -0.1) is 0 Å².